The summed E-state index contributed by atoms with van der Waals surface area (Å²) in [6.45, 7) is 1.27. The Kier molecular flexibility index (Phi) is 8.85. The van der Waals surface area contributed by atoms with Crippen LogP contribution in [-0.4, -0.2) is 107 Å². The molecule has 1 aromatic heterocycles. The van der Waals surface area contributed by atoms with Crippen molar-refractivity contribution in [2.45, 2.75) is 0 Å². The summed E-state index contributed by atoms with van der Waals surface area (Å²) in [6, 6.07) is 6.65. The number of carboxylic acids is 1. The topological polar surface area (TPSA) is 137 Å². The van der Waals surface area contributed by atoms with E-state index in [1.54, 1.807) is 9.80 Å². The lowest BCUT2D eigenvalue weighted by Gasteiger charge is -2.36. The molecule has 1 N–H and O–H groups in total. The molecule has 1 saturated carbocycles. The number of piperidine rings is 1. The van der Waals surface area contributed by atoms with Crippen LogP contribution in [0.1, 0.15) is 21.0 Å². The first kappa shape index (κ1) is 33.3. The Labute approximate surface area is 278 Å². The Hall–Kier alpha value is -4.63. The van der Waals surface area contributed by atoms with Crippen molar-refractivity contribution in [2.75, 3.05) is 65.0 Å². The molecule has 48 heavy (non-hydrogen) atoms. The number of likely N-dealkylation sites (tertiary alicyclic amines) is 1. The Morgan fingerprint density at radius 2 is 1.71 bits per heavy atom. The Morgan fingerprint density at radius 3 is 2.33 bits per heavy atom. The summed E-state index contributed by atoms with van der Waals surface area (Å²) in [5, 5.41) is 13.8. The molecule has 6 rings (SSSR count). The van der Waals surface area contributed by atoms with Gasteiger partial charge in [-0.1, -0.05) is 11.6 Å². The first-order valence-corrected chi connectivity index (χ1v) is 15.6. The van der Waals surface area contributed by atoms with Gasteiger partial charge in [0.2, 0.25) is 18.6 Å². The highest BCUT2D eigenvalue weighted by Gasteiger charge is 2.65. The number of quaternary nitrogens is 1. The van der Waals surface area contributed by atoms with E-state index in [9.17, 15) is 37.5 Å². The molecular formula is C32H32ClF3N6O6. The number of alkyl halides is 1. The van der Waals surface area contributed by atoms with E-state index in [-0.39, 0.29) is 69.5 Å². The third-order valence-electron chi connectivity index (χ3n) is 9.49. The summed E-state index contributed by atoms with van der Waals surface area (Å²) in [6.07, 6.45) is 1.19. The number of carbonyl (C=O) groups excluding carboxylic acids is 4. The van der Waals surface area contributed by atoms with Crippen LogP contribution in [0.2, 0.25) is 5.02 Å². The number of likely N-dealkylation sites (N-methyl/N-ethyl adjacent to an activating group) is 1. The number of carbonyl (C=O) groups is 4. The molecule has 0 bridgehead atoms. The Balaban J connectivity index is 1.04. The predicted octanol–water partition coefficient (Wildman–Crippen LogP) is 1.93. The van der Waals surface area contributed by atoms with E-state index in [0.29, 0.717) is 43.8 Å². The van der Waals surface area contributed by atoms with Crippen LogP contribution in [0.25, 0.3) is 11.3 Å². The molecule has 254 valence electrons. The van der Waals surface area contributed by atoms with Gasteiger partial charge in [0, 0.05) is 56.3 Å². The molecule has 3 fully saturated rings. The largest absolute Gasteiger partial charge is 0.544 e. The van der Waals surface area contributed by atoms with Crippen molar-refractivity contribution >= 4 is 41.0 Å². The van der Waals surface area contributed by atoms with Crippen LogP contribution < -0.4 is 15.2 Å². The minimum atomic E-state index is -1.38. The van der Waals surface area contributed by atoms with Gasteiger partial charge in [0.15, 0.2) is 17.4 Å². The number of anilines is 1. The SMILES string of the molecule is Cn1c(-c2ccc(OCF)c(F)c2F)cnc1C(=O)Nc1ccc(C(=O)N2CCN(C(=O)C3[C@H]4C[N+](C)(CC(=O)[O-])C[C@@H]34)CC2)c(Cl)c1. The van der Waals surface area contributed by atoms with E-state index in [4.69, 9.17) is 11.6 Å². The number of benzene rings is 2. The average Bonchev–Trinajstić information content (AvgIpc) is 3.34. The van der Waals surface area contributed by atoms with Crippen molar-refractivity contribution in [1.82, 2.24) is 19.4 Å². The summed E-state index contributed by atoms with van der Waals surface area (Å²) in [7, 11) is 3.31. The number of aliphatic carboxylic acids is 1. The lowest BCUT2D eigenvalue weighted by Crippen LogP contribution is -2.53. The lowest BCUT2D eigenvalue weighted by atomic mass is 10.1. The zero-order valence-corrected chi connectivity index (χ0v) is 26.8. The van der Waals surface area contributed by atoms with Gasteiger partial charge in [-0.2, -0.15) is 4.39 Å². The van der Waals surface area contributed by atoms with Crippen LogP contribution in [-0.2, 0) is 16.6 Å². The molecule has 4 atom stereocenters. The van der Waals surface area contributed by atoms with Gasteiger partial charge in [-0.15, -0.1) is 0 Å². The maximum absolute atomic E-state index is 14.7. The zero-order valence-electron chi connectivity index (χ0n) is 26.1. The van der Waals surface area contributed by atoms with Crippen molar-refractivity contribution in [3.63, 3.8) is 0 Å². The number of ether oxygens (including phenoxy) is 1. The molecule has 2 aliphatic heterocycles. The normalized spacial score (nSPS) is 23.1. The number of hydrogen-bond acceptors (Lipinski definition) is 7. The molecule has 2 unspecified atom stereocenters. The number of nitrogens with one attached hydrogen (secondary N) is 1. The number of nitrogens with zero attached hydrogens (tertiary/aromatic N) is 5. The van der Waals surface area contributed by atoms with Gasteiger partial charge in [0.25, 0.3) is 11.8 Å². The molecule has 0 spiro atoms. The number of rotatable bonds is 9. The van der Waals surface area contributed by atoms with E-state index >= 15 is 0 Å². The maximum Gasteiger partial charge on any atom is 0.291 e. The maximum atomic E-state index is 14.7. The van der Waals surface area contributed by atoms with Crippen LogP contribution in [0.4, 0.5) is 18.9 Å². The lowest BCUT2D eigenvalue weighted by molar-refractivity contribution is -0.897. The molecule has 2 saturated heterocycles. The van der Waals surface area contributed by atoms with Crippen LogP contribution in [0.5, 0.6) is 5.75 Å². The average molecular weight is 689 g/mol. The fraction of sp³-hybridized carbons (Fsp3) is 0.406. The molecule has 12 nitrogen and oxygen atoms in total. The van der Waals surface area contributed by atoms with Crippen molar-refractivity contribution in [3.05, 3.63) is 64.6 Å². The molecule has 3 aromatic rings. The second-order valence-corrected chi connectivity index (χ2v) is 13.1. The molecule has 3 heterocycles. The van der Waals surface area contributed by atoms with Gasteiger partial charge in [0.05, 0.1) is 54.5 Å². The van der Waals surface area contributed by atoms with Crippen LogP contribution in [0, 0.1) is 29.4 Å². The highest BCUT2D eigenvalue weighted by molar-refractivity contribution is 6.34. The van der Waals surface area contributed by atoms with E-state index in [2.05, 4.69) is 15.0 Å². The van der Waals surface area contributed by atoms with Crippen LogP contribution >= 0.6 is 11.6 Å². The van der Waals surface area contributed by atoms with Gasteiger partial charge in [-0.05, 0) is 30.3 Å². The summed E-state index contributed by atoms with van der Waals surface area (Å²) in [5.41, 5.74) is 0.348. The van der Waals surface area contributed by atoms with E-state index in [0.717, 1.165) is 6.07 Å². The van der Waals surface area contributed by atoms with E-state index in [1.807, 2.05) is 7.05 Å². The molecule has 2 aromatic carbocycles. The van der Waals surface area contributed by atoms with Crippen molar-refractivity contribution < 1.29 is 46.7 Å². The number of amides is 3. The molecule has 0 radical (unpaired) electrons. The second-order valence-electron chi connectivity index (χ2n) is 12.7. The van der Waals surface area contributed by atoms with Gasteiger partial charge >= 0.3 is 0 Å². The highest BCUT2D eigenvalue weighted by Crippen LogP contribution is 2.54. The third-order valence-corrected chi connectivity index (χ3v) is 9.80. The second kappa shape index (κ2) is 12.8. The summed E-state index contributed by atoms with van der Waals surface area (Å²) in [4.78, 5) is 58.0. The number of carboxylic acid groups (broad SMARTS) is 1. The first-order valence-electron chi connectivity index (χ1n) is 15.2. The number of aromatic nitrogens is 2. The third kappa shape index (κ3) is 6.19. The highest BCUT2D eigenvalue weighted by atomic mass is 35.5. The molecular weight excluding hydrogens is 657 g/mol. The summed E-state index contributed by atoms with van der Waals surface area (Å²) < 4.78 is 47.5. The number of imidazole rings is 1. The predicted molar refractivity (Wildman–Crippen MR) is 163 cm³/mol. The van der Waals surface area contributed by atoms with Crippen molar-refractivity contribution in [2.24, 2.45) is 24.8 Å². The fourth-order valence-corrected chi connectivity index (χ4v) is 7.34. The summed E-state index contributed by atoms with van der Waals surface area (Å²) in [5.74, 6) is -5.18. The quantitative estimate of drug-likeness (QED) is 0.340. The van der Waals surface area contributed by atoms with Crippen molar-refractivity contribution in [3.8, 4) is 17.0 Å². The minimum Gasteiger partial charge on any atom is -0.544 e. The number of piperazine rings is 1. The molecule has 1 aliphatic carbocycles. The zero-order chi connectivity index (χ0) is 34.5. The number of halogens is 4. The van der Waals surface area contributed by atoms with E-state index in [1.165, 1.54) is 42.1 Å². The smallest absolute Gasteiger partial charge is 0.291 e. The standard InChI is InChI=1S/C32H32ClF3N6O6/c1-39-23(19-5-6-24(48-16-34)28(36)27(19)35)12-37-29(39)30(45)38-17-3-4-18(22(33)11-17)31(46)40-7-9-41(10-8-40)32(47)26-20-13-42(2,14-21(20)26)15-25(43)44/h3-6,11-12,20-21,26H,7-10,13-16H2,1-2H3,(H-,38,43,44,45,46)/t20-,21+,26?,42?. The molecule has 3 aliphatic rings. The van der Waals surface area contributed by atoms with Gasteiger partial charge < -0.3 is 38.8 Å². The van der Waals surface area contributed by atoms with Gasteiger partial charge in [0.1, 0.15) is 6.54 Å². The Bertz CT molecular complexity index is 1800. The number of hydrogen-bond donors (Lipinski definition) is 1. The van der Waals surface area contributed by atoms with Crippen LogP contribution in [0.15, 0.2) is 36.5 Å². The number of fused-ring (bicyclic) bond motifs is 1. The van der Waals surface area contributed by atoms with Gasteiger partial charge in [-0.3, -0.25) is 14.4 Å². The minimum absolute atomic E-state index is 0.0492. The van der Waals surface area contributed by atoms with E-state index < -0.39 is 36.1 Å². The Morgan fingerprint density at radius 1 is 1.04 bits per heavy atom. The van der Waals surface area contributed by atoms with Crippen molar-refractivity contribution in [1.29, 1.82) is 0 Å². The van der Waals surface area contributed by atoms with Gasteiger partial charge in [-0.25, -0.2) is 13.8 Å². The summed E-state index contributed by atoms with van der Waals surface area (Å²) >= 11 is 6.46. The molecule has 3 amide bonds. The molecule has 16 heteroatoms. The fourth-order valence-electron chi connectivity index (χ4n) is 7.08. The van der Waals surface area contributed by atoms with Crippen LogP contribution in [0.3, 0.4) is 0 Å². The monoisotopic (exact) mass is 688 g/mol. The first-order chi connectivity index (χ1) is 22.8.